The maximum Gasteiger partial charge on any atom is 0.320 e. The van der Waals surface area contributed by atoms with Gasteiger partial charge in [-0.2, -0.15) is 0 Å². The van der Waals surface area contributed by atoms with E-state index in [2.05, 4.69) is 11.9 Å². The number of carbonyl (C=O) groups is 1. The minimum Gasteiger partial charge on any atom is -0.480 e. The van der Waals surface area contributed by atoms with Gasteiger partial charge in [0.05, 0.1) is 0 Å². The molecule has 0 aromatic heterocycles. The second-order valence-corrected chi connectivity index (χ2v) is 2.48. The van der Waals surface area contributed by atoms with Crippen molar-refractivity contribution in [1.82, 2.24) is 5.32 Å². The van der Waals surface area contributed by atoms with Crippen LogP contribution in [0.4, 0.5) is 0 Å². The molecule has 1 saturated heterocycles. The summed E-state index contributed by atoms with van der Waals surface area (Å²) in [5.74, 6) is -0.760. The van der Waals surface area contributed by atoms with Crippen LogP contribution in [0.5, 0.6) is 0 Å². The summed E-state index contributed by atoms with van der Waals surface area (Å²) in [6, 6.07) is -0.163. The van der Waals surface area contributed by atoms with E-state index in [1.807, 2.05) is 0 Å². The van der Waals surface area contributed by atoms with Crippen molar-refractivity contribution in [2.45, 2.75) is 24.9 Å². The summed E-state index contributed by atoms with van der Waals surface area (Å²) in [5, 5.41) is 11.5. The predicted molar refractivity (Wildman–Crippen MR) is 37.8 cm³/mol. The lowest BCUT2D eigenvalue weighted by Gasteiger charge is -2.05. The van der Waals surface area contributed by atoms with Crippen molar-refractivity contribution in [2.24, 2.45) is 0 Å². The van der Waals surface area contributed by atoms with Crippen LogP contribution in [-0.2, 0) is 4.79 Å². The molecule has 0 aromatic rings. The zero-order valence-electron chi connectivity index (χ0n) is 5.71. The zero-order chi connectivity index (χ0) is 7.56. The number of nitrogens with one attached hydrogen (secondary N) is 1. The molecule has 3 nitrogen and oxygen atoms in total. The number of carboxylic acids is 1. The van der Waals surface area contributed by atoms with Crippen molar-refractivity contribution in [3.8, 4) is 0 Å². The van der Waals surface area contributed by atoms with E-state index in [0.29, 0.717) is 6.42 Å². The molecule has 0 spiro atoms. The van der Waals surface area contributed by atoms with Gasteiger partial charge in [-0.15, -0.1) is 6.58 Å². The maximum absolute atomic E-state index is 10.4. The Balaban J connectivity index is 2.42. The molecule has 1 rings (SSSR count). The van der Waals surface area contributed by atoms with Crippen molar-refractivity contribution in [1.29, 1.82) is 0 Å². The molecular formula is C7H11NO2. The summed E-state index contributed by atoms with van der Waals surface area (Å²) in [4.78, 5) is 10.4. The van der Waals surface area contributed by atoms with Gasteiger partial charge in [-0.3, -0.25) is 10.1 Å². The number of aliphatic carboxylic acids is 1. The molecule has 3 heteroatoms. The highest BCUT2D eigenvalue weighted by Crippen LogP contribution is 2.12. The van der Waals surface area contributed by atoms with Crippen molar-refractivity contribution in [2.75, 3.05) is 0 Å². The van der Waals surface area contributed by atoms with Gasteiger partial charge in [0.1, 0.15) is 6.04 Å². The van der Waals surface area contributed by atoms with Gasteiger partial charge in [0.15, 0.2) is 0 Å². The normalized spacial score (nSPS) is 32.0. The fourth-order valence-electron chi connectivity index (χ4n) is 1.15. The molecular weight excluding hydrogens is 130 g/mol. The van der Waals surface area contributed by atoms with Crippen LogP contribution in [-0.4, -0.2) is 23.2 Å². The summed E-state index contributed by atoms with van der Waals surface area (Å²) < 4.78 is 0. The Kier molecular flexibility index (Phi) is 2.06. The minimum atomic E-state index is -0.760. The molecule has 1 aliphatic heterocycles. The highest BCUT2D eigenvalue weighted by atomic mass is 16.4. The van der Waals surface area contributed by atoms with Crippen molar-refractivity contribution in [3.63, 3.8) is 0 Å². The molecule has 0 bridgehead atoms. The molecule has 0 aliphatic carbocycles. The molecule has 0 aromatic carbocycles. The first-order valence-electron chi connectivity index (χ1n) is 3.35. The predicted octanol–water partition coefficient (Wildman–Crippen LogP) is 0.378. The fourth-order valence-corrected chi connectivity index (χ4v) is 1.15. The average Bonchev–Trinajstić information content (AvgIpc) is 2.34. The largest absolute Gasteiger partial charge is 0.480 e. The lowest BCUT2D eigenvalue weighted by atomic mass is 10.2. The third-order valence-corrected chi connectivity index (χ3v) is 1.76. The Hall–Kier alpha value is -0.830. The van der Waals surface area contributed by atoms with Crippen LogP contribution in [0.2, 0.25) is 0 Å². The second kappa shape index (κ2) is 2.84. The smallest absolute Gasteiger partial charge is 0.320 e. The highest BCUT2D eigenvalue weighted by molar-refractivity contribution is 5.73. The van der Waals surface area contributed by atoms with Gasteiger partial charge < -0.3 is 5.11 Å². The van der Waals surface area contributed by atoms with Crippen LogP contribution in [0.1, 0.15) is 12.8 Å². The Morgan fingerprint density at radius 1 is 1.70 bits per heavy atom. The molecule has 2 atom stereocenters. The first-order chi connectivity index (χ1) is 4.74. The van der Waals surface area contributed by atoms with E-state index in [1.54, 1.807) is 6.08 Å². The van der Waals surface area contributed by atoms with Crippen LogP contribution < -0.4 is 5.32 Å². The zero-order valence-corrected chi connectivity index (χ0v) is 5.71. The van der Waals surface area contributed by atoms with Gasteiger partial charge in [-0.05, 0) is 12.8 Å². The van der Waals surface area contributed by atoms with E-state index < -0.39 is 5.97 Å². The molecule has 0 unspecified atom stereocenters. The summed E-state index contributed by atoms with van der Waals surface area (Å²) in [6.45, 7) is 3.58. The summed E-state index contributed by atoms with van der Waals surface area (Å²) in [6.07, 6.45) is 3.36. The number of rotatable bonds is 2. The highest BCUT2D eigenvalue weighted by Gasteiger charge is 2.26. The standard InChI is InChI=1S/C7H11NO2/c1-2-5-3-4-6(8-5)7(9)10/h2,5-6,8H,1,3-4H2,(H,9,10)/t5-,6+/m0/s1. The van der Waals surface area contributed by atoms with E-state index in [1.165, 1.54) is 0 Å². The Bertz CT molecular complexity index is 156. The van der Waals surface area contributed by atoms with Gasteiger partial charge in [0.2, 0.25) is 0 Å². The van der Waals surface area contributed by atoms with Crippen LogP contribution in [0.15, 0.2) is 12.7 Å². The topological polar surface area (TPSA) is 49.3 Å². The van der Waals surface area contributed by atoms with Crippen LogP contribution in [0.3, 0.4) is 0 Å². The molecule has 2 N–H and O–H groups in total. The van der Waals surface area contributed by atoms with E-state index in [0.717, 1.165) is 6.42 Å². The van der Waals surface area contributed by atoms with Gasteiger partial charge in [0, 0.05) is 6.04 Å². The van der Waals surface area contributed by atoms with Crippen molar-refractivity contribution < 1.29 is 9.90 Å². The Labute approximate surface area is 59.7 Å². The lowest BCUT2D eigenvalue weighted by Crippen LogP contribution is -2.34. The molecule has 10 heavy (non-hydrogen) atoms. The summed E-state index contributed by atoms with van der Waals surface area (Å²) >= 11 is 0. The average molecular weight is 141 g/mol. The quantitative estimate of drug-likeness (QED) is 0.546. The van der Waals surface area contributed by atoms with E-state index in [4.69, 9.17) is 5.11 Å². The van der Waals surface area contributed by atoms with E-state index in [-0.39, 0.29) is 12.1 Å². The second-order valence-electron chi connectivity index (χ2n) is 2.48. The Morgan fingerprint density at radius 3 is 2.70 bits per heavy atom. The number of carboxylic acid groups (broad SMARTS) is 1. The maximum atomic E-state index is 10.4. The lowest BCUT2D eigenvalue weighted by molar-refractivity contribution is -0.139. The first-order valence-corrected chi connectivity index (χ1v) is 3.35. The molecule has 1 aliphatic rings. The molecule has 0 radical (unpaired) electrons. The van der Waals surface area contributed by atoms with Crippen LogP contribution in [0.25, 0.3) is 0 Å². The van der Waals surface area contributed by atoms with Crippen LogP contribution >= 0.6 is 0 Å². The SMILES string of the molecule is C=C[C@H]1CC[C@H](C(=O)O)N1. The molecule has 56 valence electrons. The fraction of sp³-hybridized carbons (Fsp3) is 0.571. The van der Waals surface area contributed by atoms with Crippen molar-refractivity contribution >= 4 is 5.97 Å². The van der Waals surface area contributed by atoms with Gasteiger partial charge in [-0.1, -0.05) is 6.08 Å². The third-order valence-electron chi connectivity index (χ3n) is 1.76. The molecule has 1 heterocycles. The summed E-state index contributed by atoms with van der Waals surface area (Å²) in [5.41, 5.74) is 0. The number of hydrogen-bond donors (Lipinski definition) is 2. The van der Waals surface area contributed by atoms with Gasteiger partial charge in [-0.25, -0.2) is 0 Å². The Morgan fingerprint density at radius 2 is 2.40 bits per heavy atom. The van der Waals surface area contributed by atoms with E-state index in [9.17, 15) is 4.79 Å². The molecule has 0 saturated carbocycles. The number of hydrogen-bond acceptors (Lipinski definition) is 2. The summed E-state index contributed by atoms with van der Waals surface area (Å²) in [7, 11) is 0. The third kappa shape index (κ3) is 1.36. The van der Waals surface area contributed by atoms with Gasteiger partial charge in [0.25, 0.3) is 0 Å². The van der Waals surface area contributed by atoms with Gasteiger partial charge >= 0.3 is 5.97 Å². The first kappa shape index (κ1) is 7.28. The van der Waals surface area contributed by atoms with E-state index >= 15 is 0 Å². The monoisotopic (exact) mass is 141 g/mol. The van der Waals surface area contributed by atoms with Crippen molar-refractivity contribution in [3.05, 3.63) is 12.7 Å². The molecule has 0 amide bonds. The molecule has 1 fully saturated rings. The minimum absolute atomic E-state index is 0.195. The van der Waals surface area contributed by atoms with Crippen LogP contribution in [0, 0.1) is 0 Å².